The Kier molecular flexibility index (Phi) is 2.26. The molecule has 5 aliphatic rings. The Balaban J connectivity index is 1.61. The molecule has 3 aliphatic carbocycles. The van der Waals surface area contributed by atoms with E-state index in [1.807, 2.05) is 6.07 Å². The number of hydrogen-bond donors (Lipinski definition) is 2. The Labute approximate surface area is 140 Å². The molecule has 24 heavy (non-hydrogen) atoms. The normalized spacial score (nSPS) is 42.1. The number of carbonyl (C=O) groups excluding carboxylic acids is 1. The van der Waals surface area contributed by atoms with E-state index in [-0.39, 0.29) is 17.6 Å². The highest BCUT2D eigenvalue weighted by Crippen LogP contribution is 2.65. The summed E-state index contributed by atoms with van der Waals surface area (Å²) in [5.41, 5.74) is 0.432. The lowest BCUT2D eigenvalue weighted by molar-refractivity contribution is -0.147. The van der Waals surface area contributed by atoms with Crippen molar-refractivity contribution < 1.29 is 19.7 Å². The second-order valence-electron chi connectivity index (χ2n) is 8.40. The molecular formula is C19H21NO4. The summed E-state index contributed by atoms with van der Waals surface area (Å²) >= 11 is 0. The third kappa shape index (κ3) is 1.32. The van der Waals surface area contributed by atoms with E-state index in [4.69, 9.17) is 4.74 Å². The molecule has 0 aromatic heterocycles. The van der Waals surface area contributed by atoms with Gasteiger partial charge in [0.15, 0.2) is 23.4 Å². The number of ether oxygens (including phenoxy) is 1. The Morgan fingerprint density at radius 1 is 1.33 bits per heavy atom. The number of hydrogen-bond acceptors (Lipinski definition) is 5. The number of Topliss-reactive ketones (excluding diaryl/α,β-unsaturated/α-hetero) is 1. The summed E-state index contributed by atoms with van der Waals surface area (Å²) in [5.74, 6) is 1.33. The lowest BCUT2D eigenvalue weighted by Gasteiger charge is -2.50. The topological polar surface area (TPSA) is 70.0 Å². The first-order valence-corrected chi connectivity index (χ1v) is 9.06. The maximum absolute atomic E-state index is 12.7. The Bertz CT molecular complexity index is 788. The van der Waals surface area contributed by atoms with Crippen LogP contribution in [-0.2, 0) is 16.6 Å². The van der Waals surface area contributed by atoms with Crippen LogP contribution >= 0.6 is 0 Å². The minimum absolute atomic E-state index is 0.0558. The van der Waals surface area contributed by atoms with Gasteiger partial charge in [0.25, 0.3) is 0 Å². The van der Waals surface area contributed by atoms with E-state index in [1.54, 1.807) is 6.07 Å². The van der Waals surface area contributed by atoms with Gasteiger partial charge in [0, 0.05) is 31.1 Å². The molecule has 0 amide bonds. The third-order valence-corrected chi connectivity index (χ3v) is 7.22. The van der Waals surface area contributed by atoms with Crippen LogP contribution in [0, 0.1) is 5.92 Å². The molecule has 5 heteroatoms. The van der Waals surface area contributed by atoms with Crippen LogP contribution in [0.15, 0.2) is 12.1 Å². The van der Waals surface area contributed by atoms with Crippen molar-refractivity contribution in [3.05, 3.63) is 23.3 Å². The van der Waals surface area contributed by atoms with Gasteiger partial charge in [-0.05, 0) is 43.2 Å². The van der Waals surface area contributed by atoms with E-state index in [0.29, 0.717) is 25.1 Å². The Morgan fingerprint density at radius 3 is 2.96 bits per heavy atom. The molecule has 5 nitrogen and oxygen atoms in total. The zero-order chi connectivity index (χ0) is 16.3. The predicted molar refractivity (Wildman–Crippen MR) is 85.2 cm³/mol. The van der Waals surface area contributed by atoms with E-state index in [1.165, 1.54) is 12.8 Å². The number of phenolic OH excluding ortho intramolecular Hbond substituents is 1. The van der Waals surface area contributed by atoms with Crippen LogP contribution in [0.4, 0.5) is 0 Å². The van der Waals surface area contributed by atoms with E-state index < -0.39 is 17.1 Å². The molecule has 1 aromatic rings. The lowest BCUT2D eigenvalue weighted by Crippen LogP contribution is -2.66. The second-order valence-corrected chi connectivity index (χ2v) is 8.40. The number of benzene rings is 1. The number of aliphatic hydroxyl groups is 1. The summed E-state index contributed by atoms with van der Waals surface area (Å²) < 4.78 is 6.01. The van der Waals surface area contributed by atoms with Gasteiger partial charge in [-0.15, -0.1) is 0 Å². The van der Waals surface area contributed by atoms with Gasteiger partial charge in [0.2, 0.25) is 0 Å². The highest BCUT2D eigenvalue weighted by atomic mass is 16.5. The van der Waals surface area contributed by atoms with Crippen molar-refractivity contribution in [1.82, 2.24) is 4.90 Å². The van der Waals surface area contributed by atoms with Crippen LogP contribution in [0.3, 0.4) is 0 Å². The van der Waals surface area contributed by atoms with Crippen molar-refractivity contribution in [2.75, 3.05) is 13.1 Å². The van der Waals surface area contributed by atoms with Gasteiger partial charge in [-0.1, -0.05) is 6.07 Å². The molecule has 126 valence electrons. The van der Waals surface area contributed by atoms with E-state index in [2.05, 4.69) is 4.90 Å². The molecule has 2 heterocycles. The van der Waals surface area contributed by atoms with Gasteiger partial charge in [-0.3, -0.25) is 9.69 Å². The van der Waals surface area contributed by atoms with Gasteiger partial charge in [-0.25, -0.2) is 0 Å². The number of rotatable bonds is 2. The maximum Gasteiger partial charge on any atom is 0.174 e. The van der Waals surface area contributed by atoms with Crippen molar-refractivity contribution in [3.63, 3.8) is 0 Å². The molecule has 2 saturated carbocycles. The summed E-state index contributed by atoms with van der Waals surface area (Å²) in [6.45, 7) is 1.68. The largest absolute Gasteiger partial charge is 0.504 e. The van der Waals surface area contributed by atoms with Crippen molar-refractivity contribution in [3.8, 4) is 11.5 Å². The minimum atomic E-state index is -0.924. The van der Waals surface area contributed by atoms with Crippen LogP contribution in [0.25, 0.3) is 0 Å². The van der Waals surface area contributed by atoms with Crippen LogP contribution in [-0.4, -0.2) is 51.7 Å². The second kappa shape index (κ2) is 3.97. The zero-order valence-corrected chi connectivity index (χ0v) is 13.5. The highest BCUT2D eigenvalue weighted by Gasteiger charge is 2.75. The van der Waals surface area contributed by atoms with Gasteiger partial charge >= 0.3 is 0 Å². The molecule has 0 radical (unpaired) electrons. The Hall–Kier alpha value is -1.59. The predicted octanol–water partition coefficient (Wildman–Crippen LogP) is 1.14. The summed E-state index contributed by atoms with van der Waals surface area (Å²) in [7, 11) is 0. The van der Waals surface area contributed by atoms with Crippen LogP contribution in [0.5, 0.6) is 11.5 Å². The molecular weight excluding hydrogens is 306 g/mol. The van der Waals surface area contributed by atoms with E-state index in [9.17, 15) is 15.0 Å². The van der Waals surface area contributed by atoms with Crippen molar-refractivity contribution in [2.24, 2.45) is 5.92 Å². The minimum Gasteiger partial charge on any atom is -0.504 e. The van der Waals surface area contributed by atoms with Gasteiger partial charge < -0.3 is 14.9 Å². The fourth-order valence-corrected chi connectivity index (χ4v) is 6.02. The average molecular weight is 327 g/mol. The van der Waals surface area contributed by atoms with Crippen LogP contribution < -0.4 is 4.74 Å². The number of phenols is 1. The van der Waals surface area contributed by atoms with Crippen molar-refractivity contribution in [2.45, 2.75) is 55.3 Å². The fourth-order valence-electron chi connectivity index (χ4n) is 6.02. The SMILES string of the molecule is O=C1CCC2(O)C3Cc4ccc(O)c5c4C2(CN3CC2CC2)C1O5. The zero-order valence-electron chi connectivity index (χ0n) is 13.5. The van der Waals surface area contributed by atoms with E-state index >= 15 is 0 Å². The fraction of sp³-hybridized carbons (Fsp3) is 0.632. The summed E-state index contributed by atoms with van der Waals surface area (Å²) in [5, 5.41) is 22.1. The standard InChI is InChI=1S/C19H21NO4/c21-12-4-3-11-7-14-19(23)6-5-13(22)17-18(19,15(11)16(12)24-17)9-20(14)8-10-1-2-10/h3-4,10,14,17,21,23H,1-2,5-9H2. The number of aromatic hydroxyl groups is 1. The molecule has 3 fully saturated rings. The highest BCUT2D eigenvalue weighted by molar-refractivity contribution is 5.90. The van der Waals surface area contributed by atoms with Crippen LogP contribution in [0.2, 0.25) is 0 Å². The molecule has 2 bridgehead atoms. The number of ketones is 1. The molecule has 4 unspecified atom stereocenters. The molecule has 1 aromatic carbocycles. The monoisotopic (exact) mass is 327 g/mol. The maximum atomic E-state index is 12.7. The van der Waals surface area contributed by atoms with Gasteiger partial charge in [0.05, 0.1) is 11.0 Å². The summed E-state index contributed by atoms with van der Waals surface area (Å²) in [6, 6.07) is 3.68. The molecule has 1 saturated heterocycles. The van der Waals surface area contributed by atoms with Gasteiger partial charge in [0.1, 0.15) is 0 Å². The molecule has 4 atom stereocenters. The quantitative estimate of drug-likeness (QED) is 0.852. The van der Waals surface area contributed by atoms with Crippen molar-refractivity contribution in [1.29, 1.82) is 0 Å². The first-order chi connectivity index (χ1) is 11.5. The van der Waals surface area contributed by atoms with Crippen LogP contribution in [0.1, 0.15) is 36.8 Å². The molecule has 2 aliphatic heterocycles. The molecule has 6 rings (SSSR count). The lowest BCUT2D eigenvalue weighted by atomic mass is 9.54. The Morgan fingerprint density at radius 2 is 2.17 bits per heavy atom. The van der Waals surface area contributed by atoms with E-state index in [0.717, 1.165) is 30.0 Å². The summed E-state index contributed by atoms with van der Waals surface area (Å²) in [4.78, 5) is 15.1. The molecule has 1 spiro atoms. The molecule has 2 N–H and O–H groups in total. The number of carbonyl (C=O) groups is 1. The smallest absolute Gasteiger partial charge is 0.174 e. The van der Waals surface area contributed by atoms with Crippen molar-refractivity contribution >= 4 is 5.78 Å². The van der Waals surface area contributed by atoms with Gasteiger partial charge in [-0.2, -0.15) is 0 Å². The summed E-state index contributed by atoms with van der Waals surface area (Å²) in [6.07, 6.45) is 3.54. The number of likely N-dealkylation sites (tertiary alicyclic amines) is 1. The third-order valence-electron chi connectivity index (χ3n) is 7.22. The number of nitrogens with zero attached hydrogens (tertiary/aromatic N) is 1. The average Bonchev–Trinajstić information content (AvgIpc) is 3.27. The first kappa shape index (κ1) is 13.7. The first-order valence-electron chi connectivity index (χ1n) is 9.06.